The number of hydrogen-bond donors (Lipinski definition) is 4. The molecular weight excluding hydrogens is 238 g/mol. The van der Waals surface area contributed by atoms with Gasteiger partial charge in [0.15, 0.2) is 0 Å². The molecule has 1 heterocycles. The maximum Gasteiger partial charge on any atom is 0.336 e. The zero-order chi connectivity index (χ0) is 13.5. The van der Waals surface area contributed by atoms with Gasteiger partial charge >= 0.3 is 5.97 Å². The van der Waals surface area contributed by atoms with E-state index in [0.29, 0.717) is 17.0 Å². The minimum atomic E-state index is -1.10. The molecule has 0 aromatic carbocycles. The van der Waals surface area contributed by atoms with Gasteiger partial charge in [0.05, 0.1) is 5.56 Å². The molecule has 1 aromatic heterocycles. The number of carbonyl (C=O) groups is 1. The monoisotopic (exact) mass is 255 g/mol. The summed E-state index contributed by atoms with van der Waals surface area (Å²) in [7, 11) is 0. The topological polar surface area (TPSA) is 111 Å². The first kappa shape index (κ1) is 14.6. The van der Waals surface area contributed by atoms with Crippen LogP contribution in [-0.4, -0.2) is 51.2 Å². The van der Waals surface area contributed by atoms with E-state index in [2.05, 4.69) is 4.98 Å². The number of aliphatic hydroxyl groups excluding tert-OH is 3. The van der Waals surface area contributed by atoms with E-state index in [1.807, 2.05) is 0 Å². The number of rotatable bonds is 7. The van der Waals surface area contributed by atoms with Crippen molar-refractivity contribution in [1.82, 2.24) is 4.98 Å². The Morgan fingerprint density at radius 2 is 1.67 bits per heavy atom. The first-order chi connectivity index (χ1) is 8.63. The van der Waals surface area contributed by atoms with Crippen LogP contribution in [0.1, 0.15) is 27.3 Å². The smallest absolute Gasteiger partial charge is 0.336 e. The molecule has 0 radical (unpaired) electrons. The molecule has 1 rings (SSSR count). The Morgan fingerprint density at radius 3 is 2.17 bits per heavy atom. The van der Waals surface area contributed by atoms with E-state index in [0.717, 1.165) is 0 Å². The van der Waals surface area contributed by atoms with Crippen LogP contribution in [0.5, 0.6) is 0 Å². The summed E-state index contributed by atoms with van der Waals surface area (Å²) in [4.78, 5) is 15.4. The molecule has 0 bridgehead atoms. The van der Waals surface area contributed by atoms with Gasteiger partial charge in [-0.1, -0.05) is 0 Å². The number of aliphatic hydroxyl groups is 3. The van der Waals surface area contributed by atoms with Crippen molar-refractivity contribution in [3.63, 3.8) is 0 Å². The molecule has 0 unspecified atom stereocenters. The molecule has 0 aliphatic heterocycles. The fourth-order valence-electron chi connectivity index (χ4n) is 1.82. The Balaban J connectivity index is 3.29. The lowest BCUT2D eigenvalue weighted by Crippen LogP contribution is -2.13. The highest BCUT2D eigenvalue weighted by atomic mass is 16.4. The van der Waals surface area contributed by atoms with E-state index in [9.17, 15) is 4.79 Å². The van der Waals surface area contributed by atoms with E-state index in [1.165, 1.54) is 6.07 Å². The number of hydrogen-bond acceptors (Lipinski definition) is 5. The first-order valence-electron chi connectivity index (χ1n) is 5.71. The van der Waals surface area contributed by atoms with Crippen LogP contribution < -0.4 is 0 Å². The molecule has 18 heavy (non-hydrogen) atoms. The Labute approximate surface area is 105 Å². The second kappa shape index (κ2) is 7.05. The van der Waals surface area contributed by atoms with E-state index >= 15 is 0 Å². The maximum atomic E-state index is 11.2. The molecule has 100 valence electrons. The molecule has 4 N–H and O–H groups in total. The molecule has 0 amide bonds. The zero-order valence-electron chi connectivity index (χ0n) is 9.96. The lowest BCUT2D eigenvalue weighted by atomic mass is 10.00. The minimum Gasteiger partial charge on any atom is -0.478 e. The molecule has 0 aliphatic carbocycles. The zero-order valence-corrected chi connectivity index (χ0v) is 9.96. The average molecular weight is 255 g/mol. The highest BCUT2D eigenvalue weighted by Gasteiger charge is 2.16. The third-order valence-corrected chi connectivity index (χ3v) is 2.57. The molecule has 0 saturated heterocycles. The second-order valence-corrected chi connectivity index (χ2v) is 3.81. The number of carboxylic acid groups (broad SMARTS) is 1. The van der Waals surface area contributed by atoms with Crippen molar-refractivity contribution in [1.29, 1.82) is 0 Å². The first-order valence-corrected chi connectivity index (χ1v) is 5.71. The summed E-state index contributed by atoms with van der Waals surface area (Å²) in [6.07, 6.45) is 0.677. The molecule has 1 aromatic rings. The van der Waals surface area contributed by atoms with Crippen LogP contribution in [0.4, 0.5) is 0 Å². The lowest BCUT2D eigenvalue weighted by Gasteiger charge is -2.12. The average Bonchev–Trinajstić information content (AvgIpc) is 2.32. The van der Waals surface area contributed by atoms with Crippen LogP contribution in [0.2, 0.25) is 0 Å². The standard InChI is InChI=1S/C12H17NO5/c14-4-1-8-7-10(12(17)18)9(2-5-15)11(13-8)3-6-16/h7,14-16H,1-6H2,(H,17,18). The number of aromatic nitrogens is 1. The van der Waals surface area contributed by atoms with E-state index in [-0.39, 0.29) is 44.6 Å². The predicted molar refractivity (Wildman–Crippen MR) is 63.6 cm³/mol. The Bertz CT molecular complexity index is 419. The quantitative estimate of drug-likeness (QED) is 0.517. The Hall–Kier alpha value is -1.50. The van der Waals surface area contributed by atoms with Gasteiger partial charge in [-0.15, -0.1) is 0 Å². The molecule has 0 fully saturated rings. The summed E-state index contributed by atoms with van der Waals surface area (Å²) >= 11 is 0. The van der Waals surface area contributed by atoms with Crippen LogP contribution >= 0.6 is 0 Å². The molecule has 0 spiro atoms. The molecule has 0 atom stereocenters. The van der Waals surface area contributed by atoms with Crippen molar-refractivity contribution in [3.05, 3.63) is 28.6 Å². The molecule has 0 saturated carbocycles. The van der Waals surface area contributed by atoms with Gasteiger partial charge in [-0.25, -0.2) is 4.79 Å². The van der Waals surface area contributed by atoms with Gasteiger partial charge in [-0.3, -0.25) is 4.98 Å². The van der Waals surface area contributed by atoms with Crippen molar-refractivity contribution in [2.75, 3.05) is 19.8 Å². The van der Waals surface area contributed by atoms with E-state index in [4.69, 9.17) is 20.4 Å². The number of carboxylic acids is 1. The SMILES string of the molecule is O=C(O)c1cc(CCO)nc(CCO)c1CCO. The number of aromatic carboxylic acids is 1. The maximum absolute atomic E-state index is 11.2. The highest BCUT2D eigenvalue weighted by molar-refractivity contribution is 5.89. The van der Waals surface area contributed by atoms with Crippen LogP contribution in [0.15, 0.2) is 6.07 Å². The van der Waals surface area contributed by atoms with Gasteiger partial charge in [0, 0.05) is 44.1 Å². The molecule has 0 aliphatic rings. The summed E-state index contributed by atoms with van der Waals surface area (Å²) in [6, 6.07) is 1.41. The van der Waals surface area contributed by atoms with Gasteiger partial charge in [0.25, 0.3) is 0 Å². The van der Waals surface area contributed by atoms with Crippen molar-refractivity contribution in [2.24, 2.45) is 0 Å². The normalized spacial score (nSPS) is 10.6. The fourth-order valence-corrected chi connectivity index (χ4v) is 1.82. The van der Waals surface area contributed by atoms with Crippen molar-refractivity contribution in [2.45, 2.75) is 19.3 Å². The summed E-state index contributed by atoms with van der Waals surface area (Å²) < 4.78 is 0. The third-order valence-electron chi connectivity index (χ3n) is 2.57. The number of nitrogens with zero attached hydrogens (tertiary/aromatic N) is 1. The minimum absolute atomic E-state index is 0.0750. The van der Waals surface area contributed by atoms with Crippen molar-refractivity contribution in [3.8, 4) is 0 Å². The predicted octanol–water partition coefficient (Wildman–Crippen LogP) is -0.616. The third kappa shape index (κ3) is 3.49. The molecule has 6 heteroatoms. The largest absolute Gasteiger partial charge is 0.478 e. The lowest BCUT2D eigenvalue weighted by molar-refractivity contribution is 0.0694. The summed E-state index contributed by atoms with van der Waals surface area (Å²) in [6.45, 7) is -0.448. The van der Waals surface area contributed by atoms with Crippen LogP contribution in [0, 0.1) is 0 Å². The van der Waals surface area contributed by atoms with Crippen molar-refractivity contribution >= 4 is 5.97 Å². The van der Waals surface area contributed by atoms with Crippen LogP contribution in [0.3, 0.4) is 0 Å². The van der Waals surface area contributed by atoms with E-state index in [1.54, 1.807) is 0 Å². The Morgan fingerprint density at radius 1 is 1.06 bits per heavy atom. The van der Waals surface area contributed by atoms with Crippen molar-refractivity contribution < 1.29 is 25.2 Å². The highest BCUT2D eigenvalue weighted by Crippen LogP contribution is 2.17. The molecule has 6 nitrogen and oxygen atoms in total. The van der Waals surface area contributed by atoms with Gasteiger partial charge in [-0.2, -0.15) is 0 Å². The summed E-state index contributed by atoms with van der Waals surface area (Å²) in [5, 5.41) is 35.9. The number of pyridine rings is 1. The van der Waals surface area contributed by atoms with E-state index < -0.39 is 5.97 Å². The van der Waals surface area contributed by atoms with Gasteiger partial charge < -0.3 is 20.4 Å². The van der Waals surface area contributed by atoms with Crippen LogP contribution in [-0.2, 0) is 19.3 Å². The summed E-state index contributed by atoms with van der Waals surface area (Å²) in [5.41, 5.74) is 1.46. The van der Waals surface area contributed by atoms with Gasteiger partial charge in [0.1, 0.15) is 0 Å². The summed E-state index contributed by atoms with van der Waals surface area (Å²) in [5.74, 6) is -1.10. The fraction of sp³-hybridized carbons (Fsp3) is 0.500. The Kier molecular flexibility index (Phi) is 5.70. The van der Waals surface area contributed by atoms with Crippen LogP contribution in [0.25, 0.3) is 0 Å². The van der Waals surface area contributed by atoms with Gasteiger partial charge in [0.2, 0.25) is 0 Å². The molecular formula is C12H17NO5. The van der Waals surface area contributed by atoms with Gasteiger partial charge in [-0.05, 0) is 18.1 Å². The second-order valence-electron chi connectivity index (χ2n) is 3.81.